The Morgan fingerprint density at radius 1 is 1.03 bits per heavy atom. The maximum absolute atomic E-state index is 12.6. The number of fused-ring (bicyclic) bond motifs is 1. The van der Waals surface area contributed by atoms with Gasteiger partial charge in [0.05, 0.1) is 19.5 Å². The second kappa shape index (κ2) is 12.7. The highest BCUT2D eigenvalue weighted by molar-refractivity contribution is 5.99. The molecule has 0 spiro atoms. The molecular weight excluding hydrogens is 478 g/mol. The van der Waals surface area contributed by atoms with Crippen molar-refractivity contribution in [2.75, 3.05) is 36.9 Å². The maximum atomic E-state index is 12.6. The molecule has 0 aliphatic heterocycles. The molecule has 0 fully saturated rings. The van der Waals surface area contributed by atoms with E-state index in [1.807, 2.05) is 6.07 Å². The lowest BCUT2D eigenvalue weighted by atomic mass is 10.1. The minimum Gasteiger partial charge on any atom is -0.465 e. The van der Waals surface area contributed by atoms with E-state index >= 15 is 0 Å². The molecule has 2 aromatic heterocycles. The lowest BCUT2D eigenvalue weighted by molar-refractivity contribution is -0.143. The summed E-state index contributed by atoms with van der Waals surface area (Å²) in [5.74, 6) is 0.106. The van der Waals surface area contributed by atoms with Crippen molar-refractivity contribution in [1.82, 2.24) is 24.8 Å². The zero-order chi connectivity index (χ0) is 26.8. The molecule has 12 heteroatoms. The van der Waals surface area contributed by atoms with Gasteiger partial charge in [-0.25, -0.2) is 9.78 Å². The van der Waals surface area contributed by atoms with Gasteiger partial charge >= 0.3 is 12.1 Å². The summed E-state index contributed by atoms with van der Waals surface area (Å²) < 4.78 is 11.8. The van der Waals surface area contributed by atoms with Crippen molar-refractivity contribution in [1.29, 1.82) is 0 Å². The summed E-state index contributed by atoms with van der Waals surface area (Å²) in [6.07, 6.45) is 1.58. The van der Waals surface area contributed by atoms with Crippen molar-refractivity contribution in [2.24, 2.45) is 0 Å². The molecule has 2 heterocycles. The van der Waals surface area contributed by atoms with E-state index in [1.165, 1.54) is 6.33 Å². The van der Waals surface area contributed by atoms with Crippen molar-refractivity contribution in [3.63, 3.8) is 0 Å². The first-order valence-corrected chi connectivity index (χ1v) is 12.1. The van der Waals surface area contributed by atoms with Crippen molar-refractivity contribution in [3.05, 3.63) is 42.2 Å². The van der Waals surface area contributed by atoms with Crippen molar-refractivity contribution < 1.29 is 23.9 Å². The number of hydrogen-bond donors (Lipinski definition) is 3. The average molecular weight is 512 g/mol. The van der Waals surface area contributed by atoms with E-state index in [9.17, 15) is 14.4 Å². The number of rotatable bonds is 12. The fourth-order valence-corrected chi connectivity index (χ4v) is 3.29. The van der Waals surface area contributed by atoms with Crippen LogP contribution in [0.2, 0.25) is 0 Å². The highest BCUT2D eigenvalue weighted by atomic mass is 16.6. The number of anilines is 2. The second-order valence-electron chi connectivity index (χ2n) is 9.10. The van der Waals surface area contributed by atoms with Crippen molar-refractivity contribution in [3.8, 4) is 0 Å². The number of ether oxygens (including phenoxy) is 2. The largest absolute Gasteiger partial charge is 0.465 e. The third-order valence-electron chi connectivity index (χ3n) is 4.89. The van der Waals surface area contributed by atoms with Gasteiger partial charge in [-0.05, 0) is 34.1 Å². The molecule has 0 radical (unpaired) electrons. The third-order valence-corrected chi connectivity index (χ3v) is 4.89. The second-order valence-corrected chi connectivity index (χ2v) is 9.10. The molecule has 0 saturated carbocycles. The van der Waals surface area contributed by atoms with E-state index in [0.717, 1.165) is 0 Å². The molecule has 0 aliphatic carbocycles. The molecule has 0 unspecified atom stereocenters. The van der Waals surface area contributed by atoms with Gasteiger partial charge in [0.1, 0.15) is 12.1 Å². The van der Waals surface area contributed by atoms with Crippen LogP contribution in [0.1, 0.15) is 44.5 Å². The summed E-state index contributed by atoms with van der Waals surface area (Å²) in [7, 11) is 0. The molecular formula is C25H33N7O5. The Balaban J connectivity index is 1.71. The van der Waals surface area contributed by atoms with Gasteiger partial charge in [-0.3, -0.25) is 9.59 Å². The van der Waals surface area contributed by atoms with Gasteiger partial charge in [0, 0.05) is 18.7 Å². The highest BCUT2D eigenvalue weighted by Gasteiger charge is 2.17. The fraction of sp³-hybridized carbons (Fsp3) is 0.440. The highest BCUT2D eigenvalue weighted by Crippen LogP contribution is 2.21. The standard InChI is InChI=1S/C25H33N7O5/c1-5-36-19(34)15-32-16-29-20-21(28-14-18(33)17-10-7-6-8-11-17)30-23(31-22(20)32)26-12-9-13-27-24(35)37-25(2,3)4/h6-8,10-11,16H,5,9,12-15H2,1-4H3,(H,27,35)(H2,26,28,30,31). The summed E-state index contributed by atoms with van der Waals surface area (Å²) in [4.78, 5) is 49.8. The number of alkyl carbamates (subject to hydrolysis) is 1. The number of nitrogens with one attached hydrogen (secondary N) is 3. The number of Topliss-reactive ketones (excluding diaryl/α,β-unsaturated/α-hetero) is 1. The van der Waals surface area contributed by atoms with E-state index in [-0.39, 0.29) is 31.4 Å². The first-order chi connectivity index (χ1) is 17.7. The predicted octanol–water partition coefficient (Wildman–Crippen LogP) is 3.01. The van der Waals surface area contributed by atoms with Crippen molar-refractivity contribution in [2.45, 2.75) is 46.3 Å². The normalized spacial score (nSPS) is 11.1. The number of carbonyl (C=O) groups excluding carboxylic acids is 3. The lowest BCUT2D eigenvalue weighted by Gasteiger charge is -2.19. The smallest absolute Gasteiger partial charge is 0.407 e. The molecule has 37 heavy (non-hydrogen) atoms. The summed E-state index contributed by atoms with van der Waals surface area (Å²) >= 11 is 0. The number of aromatic nitrogens is 4. The van der Waals surface area contributed by atoms with E-state index in [1.54, 1.807) is 56.5 Å². The zero-order valence-corrected chi connectivity index (χ0v) is 21.5. The van der Waals surface area contributed by atoms with Crippen LogP contribution >= 0.6 is 0 Å². The summed E-state index contributed by atoms with van der Waals surface area (Å²) in [5.41, 5.74) is 0.835. The van der Waals surface area contributed by atoms with Gasteiger partial charge in [0.15, 0.2) is 22.8 Å². The summed E-state index contributed by atoms with van der Waals surface area (Å²) in [5, 5.41) is 8.86. The van der Waals surface area contributed by atoms with Crippen LogP contribution in [0, 0.1) is 0 Å². The Bertz CT molecular complexity index is 1220. The van der Waals surface area contributed by atoms with Crippen LogP contribution in [-0.4, -0.2) is 69.2 Å². The van der Waals surface area contributed by atoms with E-state index < -0.39 is 17.7 Å². The Kier molecular flexibility index (Phi) is 9.36. The molecule has 1 amide bonds. The topological polar surface area (TPSA) is 149 Å². The van der Waals surface area contributed by atoms with Gasteiger partial charge in [-0.2, -0.15) is 9.97 Å². The van der Waals surface area contributed by atoms with Gasteiger partial charge in [0.25, 0.3) is 0 Å². The SMILES string of the molecule is CCOC(=O)Cn1cnc2c(NCC(=O)c3ccccc3)nc(NCCCNC(=O)OC(C)(C)C)nc21. The maximum Gasteiger partial charge on any atom is 0.407 e. The minimum atomic E-state index is -0.566. The van der Waals surface area contributed by atoms with Crippen LogP contribution < -0.4 is 16.0 Å². The van der Waals surface area contributed by atoms with Gasteiger partial charge in [-0.15, -0.1) is 0 Å². The molecule has 3 aromatic rings. The molecule has 198 valence electrons. The average Bonchev–Trinajstić information content (AvgIpc) is 3.24. The van der Waals surface area contributed by atoms with Crippen LogP contribution in [0.15, 0.2) is 36.7 Å². The van der Waals surface area contributed by atoms with E-state index in [4.69, 9.17) is 9.47 Å². The summed E-state index contributed by atoms with van der Waals surface area (Å²) in [6, 6.07) is 8.92. The van der Waals surface area contributed by atoms with Crippen LogP contribution in [-0.2, 0) is 20.8 Å². The number of hydrogen-bond acceptors (Lipinski definition) is 10. The Labute approximate surface area is 215 Å². The molecule has 1 aromatic carbocycles. The van der Waals surface area contributed by atoms with Gasteiger partial charge in [-0.1, -0.05) is 30.3 Å². The van der Waals surface area contributed by atoms with E-state index in [0.29, 0.717) is 42.1 Å². The van der Waals surface area contributed by atoms with Crippen LogP contribution in [0.5, 0.6) is 0 Å². The van der Waals surface area contributed by atoms with Crippen LogP contribution in [0.25, 0.3) is 11.2 Å². The molecule has 3 N–H and O–H groups in total. The minimum absolute atomic E-state index is 0.000111. The fourth-order valence-electron chi connectivity index (χ4n) is 3.29. The summed E-state index contributed by atoms with van der Waals surface area (Å²) in [6.45, 7) is 8.17. The zero-order valence-electron chi connectivity index (χ0n) is 21.5. The predicted molar refractivity (Wildman–Crippen MR) is 139 cm³/mol. The van der Waals surface area contributed by atoms with Crippen LogP contribution in [0.4, 0.5) is 16.6 Å². The van der Waals surface area contributed by atoms with E-state index in [2.05, 4.69) is 30.9 Å². The number of esters is 1. The Hall–Kier alpha value is -4.22. The van der Waals surface area contributed by atoms with Crippen molar-refractivity contribution >= 4 is 40.8 Å². The number of ketones is 1. The molecule has 0 bridgehead atoms. The third kappa shape index (κ3) is 8.44. The number of carbonyl (C=O) groups is 3. The molecule has 12 nitrogen and oxygen atoms in total. The van der Waals surface area contributed by atoms with Gasteiger partial charge < -0.3 is 30.0 Å². The first-order valence-electron chi connectivity index (χ1n) is 12.1. The number of benzene rings is 1. The van der Waals surface area contributed by atoms with Gasteiger partial charge in [0.2, 0.25) is 5.95 Å². The molecule has 3 rings (SSSR count). The molecule has 0 atom stereocenters. The number of amides is 1. The Morgan fingerprint density at radius 2 is 1.78 bits per heavy atom. The number of nitrogens with zero attached hydrogens (tertiary/aromatic N) is 4. The molecule has 0 saturated heterocycles. The Morgan fingerprint density at radius 3 is 2.49 bits per heavy atom. The lowest BCUT2D eigenvalue weighted by Crippen LogP contribution is -2.33. The monoisotopic (exact) mass is 511 g/mol. The number of imidazole rings is 1. The molecule has 0 aliphatic rings. The van der Waals surface area contributed by atoms with Crippen LogP contribution in [0.3, 0.4) is 0 Å². The quantitative estimate of drug-likeness (QED) is 0.188. The first kappa shape index (κ1) is 27.4.